The van der Waals surface area contributed by atoms with Gasteiger partial charge in [0, 0.05) is 38.1 Å². The van der Waals surface area contributed by atoms with Gasteiger partial charge in [0.1, 0.15) is 11.5 Å². The van der Waals surface area contributed by atoms with Crippen LogP contribution in [0.3, 0.4) is 0 Å². The fourth-order valence-electron chi connectivity index (χ4n) is 5.02. The molecule has 2 aromatic carbocycles. The number of amides is 2. The number of nitrogens with zero attached hydrogens (tertiary/aromatic N) is 3. The Balaban J connectivity index is 1.53. The standard InChI is InChI=1S/C29H39N5O3/c1-4-34-27(36)29(17-22-11-7-5-8-12-22)21-33(16-15-25(29)32-34)26(35)24(31-20-28(2,3)30)19-37-18-23-13-9-6-10-14-23/h5-14,24,31H,4,15-21,30H2,1-3H3/t24-,29?/m1/s1. The van der Waals surface area contributed by atoms with Gasteiger partial charge in [-0.3, -0.25) is 9.59 Å². The maximum atomic E-state index is 13.9. The summed E-state index contributed by atoms with van der Waals surface area (Å²) in [7, 11) is 0. The Labute approximate surface area is 219 Å². The molecule has 37 heavy (non-hydrogen) atoms. The zero-order valence-electron chi connectivity index (χ0n) is 22.2. The largest absolute Gasteiger partial charge is 0.375 e. The van der Waals surface area contributed by atoms with Gasteiger partial charge < -0.3 is 20.7 Å². The second-order valence-corrected chi connectivity index (χ2v) is 10.7. The minimum absolute atomic E-state index is 0.0284. The predicted molar refractivity (Wildman–Crippen MR) is 145 cm³/mol. The number of hydrogen-bond donors (Lipinski definition) is 2. The second-order valence-electron chi connectivity index (χ2n) is 10.7. The van der Waals surface area contributed by atoms with Gasteiger partial charge in [0.15, 0.2) is 0 Å². The van der Waals surface area contributed by atoms with Crippen molar-refractivity contribution in [3.63, 3.8) is 0 Å². The Morgan fingerprint density at radius 2 is 1.78 bits per heavy atom. The van der Waals surface area contributed by atoms with E-state index in [1.54, 1.807) is 5.01 Å². The molecule has 1 saturated heterocycles. The van der Waals surface area contributed by atoms with Crippen LogP contribution in [0.25, 0.3) is 0 Å². The van der Waals surface area contributed by atoms with Crippen molar-refractivity contribution in [2.45, 2.75) is 51.8 Å². The molecule has 198 valence electrons. The quantitative estimate of drug-likeness (QED) is 0.489. The lowest BCUT2D eigenvalue weighted by Crippen LogP contribution is -2.60. The van der Waals surface area contributed by atoms with E-state index in [-0.39, 0.29) is 18.4 Å². The highest BCUT2D eigenvalue weighted by molar-refractivity contribution is 6.13. The van der Waals surface area contributed by atoms with Gasteiger partial charge in [-0.15, -0.1) is 0 Å². The Morgan fingerprint density at radius 1 is 1.14 bits per heavy atom. The number of nitrogens with two attached hydrogens (primary N) is 1. The number of fused-ring (bicyclic) bond motifs is 1. The summed E-state index contributed by atoms with van der Waals surface area (Å²) < 4.78 is 5.97. The van der Waals surface area contributed by atoms with Crippen LogP contribution in [0.5, 0.6) is 0 Å². The highest BCUT2D eigenvalue weighted by Crippen LogP contribution is 2.38. The molecular formula is C29H39N5O3. The van der Waals surface area contributed by atoms with Crippen molar-refractivity contribution in [1.29, 1.82) is 0 Å². The van der Waals surface area contributed by atoms with Crippen LogP contribution < -0.4 is 11.1 Å². The van der Waals surface area contributed by atoms with Crippen LogP contribution in [0.2, 0.25) is 0 Å². The Bertz CT molecular complexity index is 1100. The monoisotopic (exact) mass is 505 g/mol. The number of likely N-dealkylation sites (tertiary alicyclic amines) is 1. The van der Waals surface area contributed by atoms with Crippen molar-refractivity contribution in [2.75, 3.05) is 32.8 Å². The molecule has 0 saturated carbocycles. The number of hydrogen-bond acceptors (Lipinski definition) is 6. The average Bonchev–Trinajstić information content (AvgIpc) is 3.17. The molecule has 3 N–H and O–H groups in total. The normalized spacial score (nSPS) is 20.5. The van der Waals surface area contributed by atoms with Crippen LogP contribution in [-0.2, 0) is 27.4 Å². The first-order chi connectivity index (χ1) is 17.7. The molecule has 2 amide bonds. The summed E-state index contributed by atoms with van der Waals surface area (Å²) in [6.45, 7) is 8.17. The smallest absolute Gasteiger partial charge is 0.256 e. The number of ether oxygens (including phenoxy) is 1. The topological polar surface area (TPSA) is 100 Å². The van der Waals surface area contributed by atoms with Crippen LogP contribution >= 0.6 is 0 Å². The zero-order valence-corrected chi connectivity index (χ0v) is 22.2. The molecular weight excluding hydrogens is 466 g/mol. The van der Waals surface area contributed by atoms with Crippen LogP contribution in [0.15, 0.2) is 65.8 Å². The Hall–Kier alpha value is -3.07. The Morgan fingerprint density at radius 3 is 2.41 bits per heavy atom. The number of hydrazone groups is 1. The van der Waals surface area contributed by atoms with Crippen LogP contribution in [0.1, 0.15) is 38.3 Å². The first-order valence-electron chi connectivity index (χ1n) is 13.1. The molecule has 2 aliphatic heterocycles. The van der Waals surface area contributed by atoms with Crippen LogP contribution in [0, 0.1) is 5.41 Å². The van der Waals surface area contributed by atoms with Gasteiger partial charge in [0.2, 0.25) is 5.91 Å². The number of carbonyl (C=O) groups is 2. The van der Waals surface area contributed by atoms with Gasteiger partial charge in [-0.05, 0) is 38.3 Å². The molecule has 0 aliphatic carbocycles. The summed E-state index contributed by atoms with van der Waals surface area (Å²) in [4.78, 5) is 29.3. The molecule has 1 unspecified atom stereocenters. The van der Waals surface area contributed by atoms with E-state index in [1.807, 2.05) is 86.3 Å². The van der Waals surface area contributed by atoms with Crippen molar-refractivity contribution >= 4 is 17.5 Å². The van der Waals surface area contributed by atoms with Gasteiger partial charge in [-0.1, -0.05) is 60.7 Å². The molecule has 4 rings (SSSR count). The van der Waals surface area contributed by atoms with Gasteiger partial charge >= 0.3 is 0 Å². The molecule has 1 fully saturated rings. The number of nitrogens with one attached hydrogen (secondary N) is 1. The lowest BCUT2D eigenvalue weighted by Gasteiger charge is -2.41. The molecule has 0 bridgehead atoms. The summed E-state index contributed by atoms with van der Waals surface area (Å²) in [5.74, 6) is -0.106. The van der Waals surface area contributed by atoms with Gasteiger partial charge in [0.25, 0.3) is 5.91 Å². The van der Waals surface area contributed by atoms with Crippen molar-refractivity contribution in [2.24, 2.45) is 16.3 Å². The second kappa shape index (κ2) is 11.5. The van der Waals surface area contributed by atoms with E-state index in [0.29, 0.717) is 45.6 Å². The minimum Gasteiger partial charge on any atom is -0.375 e. The molecule has 0 radical (unpaired) electrons. The summed E-state index contributed by atoms with van der Waals surface area (Å²) >= 11 is 0. The fraction of sp³-hybridized carbons (Fsp3) is 0.483. The lowest BCUT2D eigenvalue weighted by molar-refractivity contribution is -0.142. The number of rotatable bonds is 11. The molecule has 0 aromatic heterocycles. The van der Waals surface area contributed by atoms with Crippen LogP contribution in [-0.4, -0.2) is 71.8 Å². The SMILES string of the molecule is CCN1N=C2CCN(C(=O)[C@@H](COCc3ccccc3)NCC(C)(C)N)CC2(Cc2ccccc2)C1=O. The molecule has 2 heterocycles. The summed E-state index contributed by atoms with van der Waals surface area (Å²) in [6, 6.07) is 19.3. The van der Waals surface area contributed by atoms with Gasteiger partial charge in [-0.2, -0.15) is 5.10 Å². The third-order valence-corrected chi connectivity index (χ3v) is 6.98. The van der Waals surface area contributed by atoms with Crippen molar-refractivity contribution in [1.82, 2.24) is 15.2 Å². The first kappa shape index (κ1) is 27.0. The van der Waals surface area contributed by atoms with Gasteiger partial charge in [0.05, 0.1) is 18.9 Å². The zero-order chi connectivity index (χ0) is 26.5. The third kappa shape index (κ3) is 6.44. The fourth-order valence-corrected chi connectivity index (χ4v) is 5.02. The van der Waals surface area contributed by atoms with E-state index in [0.717, 1.165) is 16.8 Å². The lowest BCUT2D eigenvalue weighted by atomic mass is 9.73. The number of piperidine rings is 1. The maximum absolute atomic E-state index is 13.9. The number of carbonyl (C=O) groups excluding carboxylic acids is 2. The van der Waals surface area contributed by atoms with E-state index in [1.165, 1.54) is 0 Å². The molecule has 8 heteroatoms. The molecule has 0 spiro atoms. The predicted octanol–water partition coefficient (Wildman–Crippen LogP) is 2.58. The van der Waals surface area contributed by atoms with Crippen LogP contribution in [0.4, 0.5) is 0 Å². The van der Waals surface area contributed by atoms with Crippen molar-refractivity contribution < 1.29 is 14.3 Å². The summed E-state index contributed by atoms with van der Waals surface area (Å²) in [6.07, 6.45) is 1.09. The first-order valence-corrected chi connectivity index (χ1v) is 13.1. The van der Waals surface area contributed by atoms with E-state index < -0.39 is 17.0 Å². The highest BCUT2D eigenvalue weighted by atomic mass is 16.5. The molecule has 2 aromatic rings. The minimum atomic E-state index is -0.839. The Kier molecular flexibility index (Phi) is 8.42. The summed E-state index contributed by atoms with van der Waals surface area (Å²) in [5, 5.41) is 9.56. The van der Waals surface area contributed by atoms with E-state index in [9.17, 15) is 9.59 Å². The van der Waals surface area contributed by atoms with E-state index in [4.69, 9.17) is 10.5 Å². The third-order valence-electron chi connectivity index (χ3n) is 6.98. The van der Waals surface area contributed by atoms with E-state index in [2.05, 4.69) is 10.4 Å². The number of benzene rings is 2. The average molecular weight is 506 g/mol. The molecule has 2 aliphatic rings. The summed E-state index contributed by atoms with van der Waals surface area (Å²) in [5.41, 5.74) is 7.86. The highest BCUT2D eigenvalue weighted by Gasteiger charge is 2.54. The van der Waals surface area contributed by atoms with Crippen molar-refractivity contribution in [3.05, 3.63) is 71.8 Å². The molecule has 2 atom stereocenters. The molecule has 8 nitrogen and oxygen atoms in total. The van der Waals surface area contributed by atoms with Crippen molar-refractivity contribution in [3.8, 4) is 0 Å². The maximum Gasteiger partial charge on any atom is 0.256 e. The van der Waals surface area contributed by atoms with Gasteiger partial charge in [-0.25, -0.2) is 5.01 Å². The van der Waals surface area contributed by atoms with E-state index >= 15 is 0 Å².